The zero-order chi connectivity index (χ0) is 21.8. The van der Waals surface area contributed by atoms with E-state index in [1.54, 1.807) is 30.6 Å². The zero-order valence-corrected chi connectivity index (χ0v) is 17.9. The van der Waals surface area contributed by atoms with Crippen molar-refractivity contribution in [3.63, 3.8) is 0 Å². The lowest BCUT2D eigenvalue weighted by molar-refractivity contribution is -0.135. The molecule has 0 aliphatic carbocycles. The number of piperidine rings is 1. The second-order valence-corrected chi connectivity index (χ2v) is 9.11. The molecule has 5 N–H and O–H groups in total. The Balaban J connectivity index is 1.42. The van der Waals surface area contributed by atoms with Gasteiger partial charge in [-0.15, -0.1) is 4.40 Å². The van der Waals surface area contributed by atoms with E-state index < -0.39 is 11.0 Å². The van der Waals surface area contributed by atoms with Crippen molar-refractivity contribution in [3.05, 3.63) is 53.9 Å². The predicted octanol–water partition coefficient (Wildman–Crippen LogP) is 3.19. The van der Waals surface area contributed by atoms with Crippen LogP contribution in [0, 0.1) is 0 Å². The van der Waals surface area contributed by atoms with E-state index in [9.17, 15) is 13.9 Å². The van der Waals surface area contributed by atoms with Crippen molar-refractivity contribution in [3.8, 4) is 5.75 Å². The highest BCUT2D eigenvalue weighted by atomic mass is 32.3. The second kappa shape index (κ2) is 9.13. The number of nitrogens with zero attached hydrogens (tertiary/aromatic N) is 3. The number of carbonyl (C=O) groups excluding carboxylic acids is 1. The van der Waals surface area contributed by atoms with E-state index in [4.69, 9.17) is 10.5 Å². The number of anilines is 1. The van der Waals surface area contributed by atoms with Crippen molar-refractivity contribution >= 4 is 28.4 Å². The molecule has 31 heavy (non-hydrogen) atoms. The number of fused-ring (bicyclic) bond motifs is 1. The van der Waals surface area contributed by atoms with Crippen LogP contribution in [0.25, 0.3) is 0 Å². The number of nitrogens with one attached hydrogen (secondary N) is 1. The van der Waals surface area contributed by atoms with E-state index in [0.29, 0.717) is 36.4 Å². The Morgan fingerprint density at radius 2 is 2.16 bits per heavy atom. The molecule has 0 spiro atoms. The first-order chi connectivity index (χ1) is 14.9. The number of nitrogens with two attached hydrogens (primary N) is 1. The van der Waals surface area contributed by atoms with Crippen molar-refractivity contribution in [2.24, 2.45) is 10.1 Å². The Kier molecular flexibility index (Phi) is 6.30. The molecule has 4 rings (SSSR count). The third kappa shape index (κ3) is 5.09. The number of carbonyl (C=O) groups is 1. The topological polar surface area (TPSA) is 133 Å². The van der Waals surface area contributed by atoms with Crippen LogP contribution in [0.2, 0.25) is 0 Å². The molecule has 0 bridgehead atoms. The first-order valence-electron chi connectivity index (χ1n) is 10.3. The molecule has 1 saturated heterocycles. The molecule has 1 aromatic heterocycles. The molecule has 166 valence electrons. The quantitative estimate of drug-likeness (QED) is 0.536. The van der Waals surface area contributed by atoms with Crippen LogP contribution >= 0.6 is 11.0 Å². The molecule has 2 aliphatic rings. The third-order valence-corrected chi connectivity index (χ3v) is 6.43. The number of hydrogen-bond acceptors (Lipinski definition) is 8. The summed E-state index contributed by atoms with van der Waals surface area (Å²) in [5, 5.41) is 0. The summed E-state index contributed by atoms with van der Waals surface area (Å²) >= 11 is 0. The van der Waals surface area contributed by atoms with Gasteiger partial charge in [-0.1, -0.05) is 12.1 Å². The average molecular weight is 446 g/mol. The molecule has 1 unspecified atom stereocenters. The highest BCUT2D eigenvalue weighted by molar-refractivity contribution is 8.24. The molecule has 1 fully saturated rings. The highest BCUT2D eigenvalue weighted by Crippen LogP contribution is 2.46. The summed E-state index contributed by atoms with van der Waals surface area (Å²) in [5.74, 6) is 0.621. The maximum absolute atomic E-state index is 12.9. The predicted molar refractivity (Wildman–Crippen MR) is 121 cm³/mol. The fraction of sp³-hybridized carbons (Fsp3) is 0.381. The first kappa shape index (κ1) is 21.4. The van der Waals surface area contributed by atoms with Crippen molar-refractivity contribution in [2.45, 2.75) is 38.1 Å². The lowest BCUT2D eigenvalue weighted by Gasteiger charge is -2.36. The second-order valence-electron chi connectivity index (χ2n) is 7.69. The van der Waals surface area contributed by atoms with Crippen LogP contribution in [-0.2, 0) is 11.2 Å². The molecule has 9 nitrogen and oxygen atoms in total. The van der Waals surface area contributed by atoms with Crippen molar-refractivity contribution in [1.82, 2.24) is 9.88 Å². The Hall–Kier alpha value is -2.82. The van der Waals surface area contributed by atoms with Gasteiger partial charge in [0, 0.05) is 25.4 Å². The summed E-state index contributed by atoms with van der Waals surface area (Å²) in [4.78, 5) is 18.9. The van der Waals surface area contributed by atoms with Crippen molar-refractivity contribution < 1.29 is 18.6 Å². The van der Waals surface area contributed by atoms with Gasteiger partial charge in [-0.2, -0.15) is 0 Å². The van der Waals surface area contributed by atoms with Gasteiger partial charge in [0.15, 0.2) is 5.84 Å². The molecule has 3 heterocycles. The number of rotatable bonds is 6. The minimum Gasteiger partial charge on any atom is -0.491 e. The minimum atomic E-state index is -3.35. The molecule has 1 amide bonds. The number of benzene rings is 1. The van der Waals surface area contributed by atoms with Gasteiger partial charge in [-0.25, -0.2) is 0 Å². The molecule has 1 atom stereocenters. The molecule has 0 saturated carbocycles. The summed E-state index contributed by atoms with van der Waals surface area (Å²) in [6, 6.07) is 9.02. The van der Waals surface area contributed by atoms with Crippen LogP contribution in [0.5, 0.6) is 5.75 Å². The molecule has 0 radical (unpaired) electrons. The van der Waals surface area contributed by atoms with Crippen LogP contribution in [0.3, 0.4) is 0 Å². The summed E-state index contributed by atoms with van der Waals surface area (Å²) in [7, 11) is -3.35. The SMILES string of the molecule is NC1=NS(O)(O)Nc2cccc(OCC3CCCCN3C(=O)CCc3cccnc3)c21. The summed E-state index contributed by atoms with van der Waals surface area (Å²) in [6.07, 6.45) is 7.50. The molecule has 2 aliphatic heterocycles. The van der Waals surface area contributed by atoms with Gasteiger partial charge < -0.3 is 15.4 Å². The van der Waals surface area contributed by atoms with E-state index in [-0.39, 0.29) is 17.8 Å². The lowest BCUT2D eigenvalue weighted by atomic mass is 10.0. The Bertz CT molecular complexity index is 969. The van der Waals surface area contributed by atoms with Gasteiger partial charge in [0.2, 0.25) is 5.91 Å². The third-order valence-electron chi connectivity index (χ3n) is 5.48. The number of aromatic nitrogens is 1. The molecule has 10 heteroatoms. The van der Waals surface area contributed by atoms with Crippen molar-refractivity contribution in [1.29, 1.82) is 0 Å². The zero-order valence-electron chi connectivity index (χ0n) is 17.1. The summed E-state index contributed by atoms with van der Waals surface area (Å²) in [6.45, 7) is 1.05. The van der Waals surface area contributed by atoms with Crippen LogP contribution < -0.4 is 15.2 Å². The van der Waals surface area contributed by atoms with E-state index in [1.807, 2.05) is 17.0 Å². The van der Waals surface area contributed by atoms with Gasteiger partial charge in [-0.3, -0.25) is 23.6 Å². The standard InChI is InChI=1S/C21H27N5O4S/c22-21-20-17(24-31(28,29)25-21)7-3-8-18(20)30-14-16-6-1-2-12-26(16)19(27)10-9-15-5-4-11-23-13-15/h3-5,7-8,11,13,16,24,28-29H,1-2,6,9-10,12,14H2,(H2,22,25). The number of likely N-dealkylation sites (tertiary alicyclic amines) is 1. The van der Waals surface area contributed by atoms with Gasteiger partial charge in [0.05, 0.1) is 17.3 Å². The van der Waals surface area contributed by atoms with Crippen LogP contribution in [-0.4, -0.2) is 49.9 Å². The monoisotopic (exact) mass is 445 g/mol. The summed E-state index contributed by atoms with van der Waals surface area (Å²) in [5.41, 5.74) is 7.96. The number of amidine groups is 1. The maximum Gasteiger partial charge on any atom is 0.223 e. The molecule has 1 aromatic carbocycles. The van der Waals surface area contributed by atoms with Gasteiger partial charge in [-0.05, 0) is 60.4 Å². The number of aryl methyl sites for hydroxylation is 1. The molecular weight excluding hydrogens is 418 g/mol. The van der Waals surface area contributed by atoms with Crippen LogP contribution in [0.4, 0.5) is 5.69 Å². The van der Waals surface area contributed by atoms with Gasteiger partial charge in [0.25, 0.3) is 0 Å². The first-order valence-corrected chi connectivity index (χ1v) is 11.8. The van der Waals surface area contributed by atoms with Crippen LogP contribution in [0.15, 0.2) is 47.1 Å². The number of ether oxygens (including phenoxy) is 1. The molecule has 2 aromatic rings. The largest absolute Gasteiger partial charge is 0.491 e. The normalized spacial score (nSPS) is 20.8. The van der Waals surface area contributed by atoms with Crippen molar-refractivity contribution in [2.75, 3.05) is 17.9 Å². The minimum absolute atomic E-state index is 0.0115. The average Bonchev–Trinajstić information content (AvgIpc) is 2.76. The van der Waals surface area contributed by atoms with Gasteiger partial charge >= 0.3 is 0 Å². The number of amides is 1. The van der Waals surface area contributed by atoms with E-state index >= 15 is 0 Å². The van der Waals surface area contributed by atoms with E-state index in [0.717, 1.165) is 31.4 Å². The fourth-order valence-corrected chi connectivity index (χ4v) is 4.86. The Morgan fingerprint density at radius 3 is 2.97 bits per heavy atom. The Labute approximate surface area is 183 Å². The smallest absolute Gasteiger partial charge is 0.223 e. The Morgan fingerprint density at radius 1 is 1.29 bits per heavy atom. The fourth-order valence-electron chi connectivity index (χ4n) is 3.98. The lowest BCUT2D eigenvalue weighted by Crippen LogP contribution is -2.46. The van der Waals surface area contributed by atoms with Crippen LogP contribution in [0.1, 0.15) is 36.8 Å². The number of pyridine rings is 1. The molecular formula is C21H27N5O4S. The van der Waals surface area contributed by atoms with Gasteiger partial charge in [0.1, 0.15) is 12.4 Å². The van der Waals surface area contributed by atoms with E-state index in [1.165, 1.54) is 0 Å². The maximum atomic E-state index is 12.9. The number of hydrogen-bond donors (Lipinski definition) is 4. The van der Waals surface area contributed by atoms with E-state index in [2.05, 4.69) is 14.1 Å². The summed E-state index contributed by atoms with van der Waals surface area (Å²) < 4.78 is 32.0. The highest BCUT2D eigenvalue weighted by Gasteiger charge is 2.29.